The molecule has 1 aliphatic rings. The second kappa shape index (κ2) is 9.65. The number of carbonyl (C=O) groups is 2. The van der Waals surface area contributed by atoms with Crippen LogP contribution >= 0.6 is 11.8 Å². The SMILES string of the molecule is CSC(=Nc1c(C)cccc1C(=O)N1CCN(C(=O)OC(C)(C)C)CC1)NC#N. The van der Waals surface area contributed by atoms with Gasteiger partial charge in [0, 0.05) is 26.2 Å². The van der Waals surface area contributed by atoms with Gasteiger partial charge in [0.1, 0.15) is 5.60 Å². The van der Waals surface area contributed by atoms with Crippen molar-refractivity contribution >= 4 is 34.6 Å². The van der Waals surface area contributed by atoms with Crippen LogP contribution in [0.4, 0.5) is 10.5 Å². The van der Waals surface area contributed by atoms with Gasteiger partial charge in [-0.25, -0.2) is 9.79 Å². The monoisotopic (exact) mass is 417 g/mol. The van der Waals surface area contributed by atoms with Gasteiger partial charge in [-0.1, -0.05) is 23.9 Å². The minimum absolute atomic E-state index is 0.145. The minimum atomic E-state index is -0.551. The van der Waals surface area contributed by atoms with Gasteiger partial charge in [-0.3, -0.25) is 10.1 Å². The zero-order valence-corrected chi connectivity index (χ0v) is 18.3. The zero-order valence-electron chi connectivity index (χ0n) is 17.5. The first-order valence-electron chi connectivity index (χ1n) is 9.31. The van der Waals surface area contributed by atoms with Crippen LogP contribution in [0.1, 0.15) is 36.7 Å². The minimum Gasteiger partial charge on any atom is -0.444 e. The molecule has 0 bridgehead atoms. The molecule has 0 unspecified atom stereocenters. The number of amides is 2. The van der Waals surface area contributed by atoms with E-state index in [0.717, 1.165) is 5.56 Å². The Balaban J connectivity index is 2.15. The molecule has 9 heteroatoms. The van der Waals surface area contributed by atoms with Crippen LogP contribution in [0.15, 0.2) is 23.2 Å². The van der Waals surface area contributed by atoms with Gasteiger partial charge in [0.2, 0.25) is 0 Å². The van der Waals surface area contributed by atoms with Gasteiger partial charge in [0.05, 0.1) is 11.3 Å². The Kier molecular flexibility index (Phi) is 7.51. The number of hydrogen-bond donors (Lipinski definition) is 1. The first-order valence-corrected chi connectivity index (χ1v) is 10.5. The molecule has 1 saturated heterocycles. The van der Waals surface area contributed by atoms with Gasteiger partial charge in [-0.2, -0.15) is 5.26 Å². The Labute approximate surface area is 175 Å². The average molecular weight is 418 g/mol. The third-order valence-corrected chi connectivity index (χ3v) is 4.84. The molecular formula is C20H27N5O3S. The number of carbonyl (C=O) groups excluding carboxylic acids is 2. The molecule has 2 rings (SSSR count). The first kappa shape index (κ1) is 22.6. The average Bonchev–Trinajstić information content (AvgIpc) is 2.67. The zero-order chi connectivity index (χ0) is 21.6. The van der Waals surface area contributed by atoms with Crippen LogP contribution in [0, 0.1) is 18.4 Å². The summed E-state index contributed by atoms with van der Waals surface area (Å²) >= 11 is 1.30. The Morgan fingerprint density at radius 1 is 1.21 bits per heavy atom. The van der Waals surface area contributed by atoms with Crippen molar-refractivity contribution < 1.29 is 14.3 Å². The van der Waals surface area contributed by atoms with Crippen LogP contribution in [0.25, 0.3) is 0 Å². The van der Waals surface area contributed by atoms with Crippen LogP contribution in [-0.4, -0.2) is 65.0 Å². The summed E-state index contributed by atoms with van der Waals surface area (Å²) in [5.74, 6) is -0.145. The maximum Gasteiger partial charge on any atom is 0.410 e. The Hall–Kier alpha value is -2.73. The number of amidine groups is 1. The maximum atomic E-state index is 13.1. The van der Waals surface area contributed by atoms with E-state index in [1.807, 2.05) is 46.0 Å². The normalized spacial score (nSPS) is 15.0. The number of aryl methyl sites for hydroxylation is 1. The number of para-hydroxylation sites is 1. The largest absolute Gasteiger partial charge is 0.444 e. The van der Waals surface area contributed by atoms with Gasteiger partial charge in [0.15, 0.2) is 11.4 Å². The molecule has 1 N–H and O–H groups in total. The lowest BCUT2D eigenvalue weighted by Crippen LogP contribution is -2.51. The van der Waals surface area contributed by atoms with Crippen LogP contribution in [-0.2, 0) is 4.74 Å². The highest BCUT2D eigenvalue weighted by molar-refractivity contribution is 8.13. The maximum absolute atomic E-state index is 13.1. The number of nitriles is 1. The van der Waals surface area contributed by atoms with Crippen molar-refractivity contribution in [1.82, 2.24) is 15.1 Å². The van der Waals surface area contributed by atoms with E-state index < -0.39 is 5.60 Å². The topological polar surface area (TPSA) is 98.0 Å². The third kappa shape index (κ3) is 6.12. The lowest BCUT2D eigenvalue weighted by molar-refractivity contribution is 0.0141. The summed E-state index contributed by atoms with van der Waals surface area (Å²) in [6.07, 6.45) is 3.30. The molecule has 1 aromatic rings. The van der Waals surface area contributed by atoms with E-state index in [1.54, 1.807) is 22.1 Å². The molecular weight excluding hydrogens is 390 g/mol. The number of rotatable bonds is 2. The van der Waals surface area contributed by atoms with Gasteiger partial charge < -0.3 is 14.5 Å². The van der Waals surface area contributed by atoms with Crippen molar-refractivity contribution in [2.45, 2.75) is 33.3 Å². The molecule has 0 spiro atoms. The number of thioether (sulfide) groups is 1. The smallest absolute Gasteiger partial charge is 0.410 e. The fraction of sp³-hybridized carbons (Fsp3) is 0.500. The lowest BCUT2D eigenvalue weighted by atomic mass is 10.1. The van der Waals surface area contributed by atoms with Gasteiger partial charge >= 0.3 is 6.09 Å². The Morgan fingerprint density at radius 3 is 2.38 bits per heavy atom. The number of ether oxygens (including phenoxy) is 1. The van der Waals surface area contributed by atoms with Crippen molar-refractivity contribution in [3.63, 3.8) is 0 Å². The molecule has 29 heavy (non-hydrogen) atoms. The third-order valence-electron chi connectivity index (χ3n) is 4.26. The summed E-state index contributed by atoms with van der Waals surface area (Å²) in [6.45, 7) is 9.02. The molecule has 8 nitrogen and oxygen atoms in total. The molecule has 1 fully saturated rings. The highest BCUT2D eigenvalue weighted by Gasteiger charge is 2.29. The summed E-state index contributed by atoms with van der Waals surface area (Å²) in [7, 11) is 0. The van der Waals surface area contributed by atoms with E-state index in [4.69, 9.17) is 10.00 Å². The Morgan fingerprint density at radius 2 is 1.83 bits per heavy atom. The van der Waals surface area contributed by atoms with Crippen molar-refractivity contribution in [2.75, 3.05) is 32.4 Å². The van der Waals surface area contributed by atoms with Crippen LogP contribution in [0.5, 0.6) is 0 Å². The fourth-order valence-corrected chi connectivity index (χ4v) is 3.17. The lowest BCUT2D eigenvalue weighted by Gasteiger charge is -2.35. The van der Waals surface area contributed by atoms with Crippen LogP contribution in [0.3, 0.4) is 0 Å². The highest BCUT2D eigenvalue weighted by Crippen LogP contribution is 2.27. The van der Waals surface area contributed by atoms with E-state index in [9.17, 15) is 9.59 Å². The van der Waals surface area contributed by atoms with Gasteiger partial charge in [-0.05, 0) is 45.6 Å². The molecule has 1 aliphatic heterocycles. The van der Waals surface area contributed by atoms with Crippen molar-refractivity contribution in [3.8, 4) is 6.19 Å². The predicted octanol–water partition coefficient (Wildman–Crippen LogP) is 3.11. The van der Waals surface area contributed by atoms with Crippen molar-refractivity contribution in [1.29, 1.82) is 5.26 Å². The summed E-state index contributed by atoms with van der Waals surface area (Å²) in [4.78, 5) is 33.2. The van der Waals surface area contributed by atoms with E-state index in [2.05, 4.69) is 10.3 Å². The van der Waals surface area contributed by atoms with Crippen LogP contribution < -0.4 is 5.32 Å². The summed E-state index contributed by atoms with van der Waals surface area (Å²) in [6, 6.07) is 5.42. The van der Waals surface area contributed by atoms with Crippen LogP contribution in [0.2, 0.25) is 0 Å². The summed E-state index contributed by atoms with van der Waals surface area (Å²) in [5, 5.41) is 11.8. The highest BCUT2D eigenvalue weighted by atomic mass is 32.2. The molecule has 0 aliphatic carbocycles. The van der Waals surface area contributed by atoms with Gasteiger partial charge in [-0.15, -0.1) is 0 Å². The molecule has 2 amide bonds. The number of piperazine rings is 1. The molecule has 1 heterocycles. The molecule has 0 aromatic heterocycles. The number of nitrogens with zero attached hydrogens (tertiary/aromatic N) is 4. The van der Waals surface area contributed by atoms with E-state index in [0.29, 0.717) is 42.6 Å². The number of nitrogens with one attached hydrogen (secondary N) is 1. The van der Waals surface area contributed by atoms with E-state index in [-0.39, 0.29) is 12.0 Å². The first-order chi connectivity index (χ1) is 13.7. The number of benzene rings is 1. The number of aliphatic imine (C=N–C) groups is 1. The molecule has 1 aromatic carbocycles. The van der Waals surface area contributed by atoms with E-state index in [1.165, 1.54) is 11.8 Å². The number of hydrogen-bond acceptors (Lipinski definition) is 6. The molecule has 0 saturated carbocycles. The molecule has 0 atom stereocenters. The second-order valence-electron chi connectivity index (χ2n) is 7.59. The summed E-state index contributed by atoms with van der Waals surface area (Å²) in [5.41, 5.74) is 1.31. The standard InChI is InChI=1S/C20H27N5O3S/c1-14-7-6-8-15(16(14)23-18(29-5)22-13-21)17(26)24-9-11-25(12-10-24)19(27)28-20(2,3)4/h6-8H,9-12H2,1-5H3,(H,22,23). The van der Waals surface area contributed by atoms with Crippen molar-refractivity contribution in [3.05, 3.63) is 29.3 Å². The predicted molar refractivity (Wildman–Crippen MR) is 114 cm³/mol. The van der Waals surface area contributed by atoms with Gasteiger partial charge in [0.25, 0.3) is 5.91 Å². The summed E-state index contributed by atoms with van der Waals surface area (Å²) < 4.78 is 5.40. The van der Waals surface area contributed by atoms with E-state index >= 15 is 0 Å². The molecule has 0 radical (unpaired) electrons. The molecule has 156 valence electrons. The quantitative estimate of drug-likeness (QED) is 0.344. The Bertz CT molecular complexity index is 833. The second-order valence-corrected chi connectivity index (χ2v) is 8.38. The van der Waals surface area contributed by atoms with Crippen molar-refractivity contribution in [2.24, 2.45) is 4.99 Å². The fourth-order valence-electron chi connectivity index (χ4n) is 2.84.